The highest BCUT2D eigenvalue weighted by molar-refractivity contribution is 5.27. The van der Waals surface area contributed by atoms with Crippen molar-refractivity contribution in [1.29, 1.82) is 5.26 Å². The second-order valence-electron chi connectivity index (χ2n) is 5.64. The van der Waals surface area contributed by atoms with Gasteiger partial charge in [0.2, 0.25) is 0 Å². The standard InChI is InChI=1S/C22H19NO2/c23-18-22(21-14-8-3-9-15-21,24-16-19-10-4-1-5-11-19)25-17-20-12-6-2-7-13-20/h1-15H,16-17H2. The normalized spacial score (nSPS) is 11.0. The Hall–Kier alpha value is -2.93. The summed E-state index contributed by atoms with van der Waals surface area (Å²) in [6.45, 7) is 0.580. The van der Waals surface area contributed by atoms with Gasteiger partial charge in [-0.05, 0) is 11.1 Å². The van der Waals surface area contributed by atoms with Crippen LogP contribution in [0.15, 0.2) is 91.0 Å². The van der Waals surface area contributed by atoms with Gasteiger partial charge < -0.3 is 9.47 Å². The number of hydrogen-bond donors (Lipinski definition) is 0. The van der Waals surface area contributed by atoms with E-state index in [-0.39, 0.29) is 13.2 Å². The molecule has 3 aromatic carbocycles. The highest BCUT2D eigenvalue weighted by Crippen LogP contribution is 2.29. The monoisotopic (exact) mass is 329 g/mol. The van der Waals surface area contributed by atoms with Gasteiger partial charge in [0.05, 0.1) is 13.2 Å². The van der Waals surface area contributed by atoms with Crippen LogP contribution in [0.25, 0.3) is 0 Å². The second-order valence-corrected chi connectivity index (χ2v) is 5.64. The molecular formula is C22H19NO2. The maximum atomic E-state index is 9.89. The third-order valence-electron chi connectivity index (χ3n) is 3.87. The van der Waals surface area contributed by atoms with E-state index in [0.29, 0.717) is 5.56 Å². The molecule has 0 radical (unpaired) electrons. The molecule has 0 heterocycles. The Bertz CT molecular complexity index is 767. The van der Waals surface area contributed by atoms with Crippen LogP contribution in [0.4, 0.5) is 0 Å². The average Bonchev–Trinajstić information content (AvgIpc) is 2.71. The molecule has 0 aromatic heterocycles. The Kier molecular flexibility index (Phi) is 5.58. The Morgan fingerprint density at radius 2 is 1.04 bits per heavy atom. The first kappa shape index (κ1) is 16.9. The molecule has 0 spiro atoms. The van der Waals surface area contributed by atoms with Crippen LogP contribution in [0.5, 0.6) is 0 Å². The molecule has 3 rings (SSSR count). The molecule has 0 amide bonds. The molecular weight excluding hydrogens is 310 g/mol. The lowest BCUT2D eigenvalue weighted by molar-refractivity contribution is -0.220. The predicted molar refractivity (Wildman–Crippen MR) is 96.2 cm³/mol. The van der Waals surface area contributed by atoms with E-state index in [1.165, 1.54) is 0 Å². The first-order valence-electron chi connectivity index (χ1n) is 8.15. The summed E-state index contributed by atoms with van der Waals surface area (Å²) in [5, 5.41) is 9.89. The van der Waals surface area contributed by atoms with E-state index in [4.69, 9.17) is 9.47 Å². The Labute approximate surface area is 148 Å². The first-order chi connectivity index (χ1) is 12.3. The first-order valence-corrected chi connectivity index (χ1v) is 8.15. The lowest BCUT2D eigenvalue weighted by Crippen LogP contribution is -2.31. The zero-order chi connectivity index (χ0) is 17.4. The summed E-state index contributed by atoms with van der Waals surface area (Å²) in [5.74, 6) is -1.45. The van der Waals surface area contributed by atoms with Gasteiger partial charge in [-0.15, -0.1) is 0 Å². The van der Waals surface area contributed by atoms with Crippen molar-refractivity contribution in [3.05, 3.63) is 108 Å². The maximum absolute atomic E-state index is 9.89. The van der Waals surface area contributed by atoms with E-state index in [1.54, 1.807) is 0 Å². The van der Waals surface area contributed by atoms with Crippen molar-refractivity contribution in [2.45, 2.75) is 19.0 Å². The van der Waals surface area contributed by atoms with E-state index >= 15 is 0 Å². The summed E-state index contributed by atoms with van der Waals surface area (Å²) in [5.41, 5.74) is 2.66. The van der Waals surface area contributed by atoms with Crippen molar-refractivity contribution < 1.29 is 9.47 Å². The minimum Gasteiger partial charge on any atom is -0.330 e. The molecule has 0 fully saturated rings. The van der Waals surface area contributed by atoms with E-state index in [1.807, 2.05) is 91.0 Å². The van der Waals surface area contributed by atoms with Crippen molar-refractivity contribution >= 4 is 0 Å². The van der Waals surface area contributed by atoms with Crippen molar-refractivity contribution in [3.63, 3.8) is 0 Å². The van der Waals surface area contributed by atoms with Crippen LogP contribution < -0.4 is 0 Å². The fourth-order valence-electron chi connectivity index (χ4n) is 2.51. The van der Waals surface area contributed by atoms with Gasteiger partial charge >= 0.3 is 0 Å². The van der Waals surface area contributed by atoms with Crippen molar-refractivity contribution in [2.24, 2.45) is 0 Å². The minimum absolute atomic E-state index is 0.290. The molecule has 0 unspecified atom stereocenters. The lowest BCUT2D eigenvalue weighted by atomic mass is 10.1. The Morgan fingerprint density at radius 1 is 0.640 bits per heavy atom. The van der Waals surface area contributed by atoms with Gasteiger partial charge in [0, 0.05) is 5.56 Å². The van der Waals surface area contributed by atoms with E-state index in [0.717, 1.165) is 11.1 Å². The van der Waals surface area contributed by atoms with Crippen molar-refractivity contribution in [2.75, 3.05) is 0 Å². The average molecular weight is 329 g/mol. The van der Waals surface area contributed by atoms with Gasteiger partial charge in [0.15, 0.2) is 0 Å². The van der Waals surface area contributed by atoms with Gasteiger partial charge in [-0.1, -0.05) is 91.0 Å². The largest absolute Gasteiger partial charge is 0.330 e. The topological polar surface area (TPSA) is 42.2 Å². The van der Waals surface area contributed by atoms with Gasteiger partial charge in [-0.25, -0.2) is 0 Å². The number of ether oxygens (including phenoxy) is 2. The molecule has 3 heteroatoms. The van der Waals surface area contributed by atoms with E-state index < -0.39 is 5.79 Å². The zero-order valence-corrected chi connectivity index (χ0v) is 13.8. The fraction of sp³-hybridized carbons (Fsp3) is 0.136. The molecule has 0 atom stereocenters. The molecule has 0 N–H and O–H groups in total. The summed E-state index contributed by atoms with van der Waals surface area (Å²) in [6, 6.07) is 31.1. The van der Waals surface area contributed by atoms with E-state index in [2.05, 4.69) is 6.07 Å². The van der Waals surface area contributed by atoms with Crippen molar-refractivity contribution in [1.82, 2.24) is 0 Å². The van der Waals surface area contributed by atoms with Gasteiger partial charge in [-0.2, -0.15) is 5.26 Å². The number of nitriles is 1. The molecule has 0 bridgehead atoms. The molecule has 0 aliphatic rings. The minimum atomic E-state index is -1.45. The third kappa shape index (κ3) is 4.33. The van der Waals surface area contributed by atoms with Crippen LogP contribution in [0.1, 0.15) is 16.7 Å². The maximum Gasteiger partial charge on any atom is 0.287 e. The summed E-state index contributed by atoms with van der Waals surface area (Å²) < 4.78 is 12.0. The van der Waals surface area contributed by atoms with Gasteiger partial charge in [0.1, 0.15) is 6.07 Å². The van der Waals surface area contributed by atoms with E-state index in [9.17, 15) is 5.26 Å². The fourth-order valence-corrected chi connectivity index (χ4v) is 2.51. The van der Waals surface area contributed by atoms with Crippen LogP contribution >= 0.6 is 0 Å². The molecule has 3 nitrogen and oxygen atoms in total. The van der Waals surface area contributed by atoms with Gasteiger partial charge in [-0.3, -0.25) is 0 Å². The number of nitrogens with zero attached hydrogens (tertiary/aromatic N) is 1. The zero-order valence-electron chi connectivity index (χ0n) is 13.8. The molecule has 0 aliphatic heterocycles. The number of rotatable bonds is 7. The molecule has 0 aliphatic carbocycles. The smallest absolute Gasteiger partial charge is 0.287 e. The highest BCUT2D eigenvalue weighted by atomic mass is 16.7. The van der Waals surface area contributed by atoms with Crippen LogP contribution in [-0.2, 0) is 28.5 Å². The van der Waals surface area contributed by atoms with Crippen LogP contribution in [0, 0.1) is 11.3 Å². The lowest BCUT2D eigenvalue weighted by Gasteiger charge is -2.27. The number of hydrogen-bond acceptors (Lipinski definition) is 3. The highest BCUT2D eigenvalue weighted by Gasteiger charge is 2.35. The van der Waals surface area contributed by atoms with Crippen LogP contribution in [-0.4, -0.2) is 0 Å². The summed E-state index contributed by atoms with van der Waals surface area (Å²) in [7, 11) is 0. The van der Waals surface area contributed by atoms with Crippen LogP contribution in [0.2, 0.25) is 0 Å². The predicted octanol–water partition coefficient (Wildman–Crippen LogP) is 4.80. The van der Waals surface area contributed by atoms with Crippen LogP contribution in [0.3, 0.4) is 0 Å². The molecule has 25 heavy (non-hydrogen) atoms. The Morgan fingerprint density at radius 3 is 1.44 bits per heavy atom. The molecule has 3 aromatic rings. The Balaban J connectivity index is 1.83. The SMILES string of the molecule is N#CC(OCc1ccccc1)(OCc1ccccc1)c1ccccc1. The quantitative estimate of drug-likeness (QED) is 0.585. The molecule has 124 valence electrons. The summed E-state index contributed by atoms with van der Waals surface area (Å²) in [6.07, 6.45) is 0. The van der Waals surface area contributed by atoms with Gasteiger partial charge in [0.25, 0.3) is 5.79 Å². The summed E-state index contributed by atoms with van der Waals surface area (Å²) >= 11 is 0. The molecule has 0 saturated heterocycles. The summed E-state index contributed by atoms with van der Waals surface area (Å²) in [4.78, 5) is 0. The van der Waals surface area contributed by atoms with Crippen molar-refractivity contribution in [3.8, 4) is 6.07 Å². The number of benzene rings is 3. The second kappa shape index (κ2) is 8.25. The third-order valence-corrected chi connectivity index (χ3v) is 3.87. The molecule has 0 saturated carbocycles.